The molecule has 1 unspecified atom stereocenters. The fraction of sp³-hybridized carbons (Fsp3) is 0.400. The molecule has 88 valence electrons. The molecule has 6 nitrogen and oxygen atoms in total. The van der Waals surface area contributed by atoms with E-state index >= 15 is 0 Å². The van der Waals surface area contributed by atoms with E-state index in [0.29, 0.717) is 5.69 Å². The van der Waals surface area contributed by atoms with Gasteiger partial charge in [-0.3, -0.25) is 4.79 Å². The maximum atomic E-state index is 11.7. The third-order valence-electron chi connectivity index (χ3n) is 1.98. The van der Waals surface area contributed by atoms with Crippen molar-refractivity contribution in [2.75, 3.05) is 26.1 Å². The summed E-state index contributed by atoms with van der Waals surface area (Å²) in [6.07, 6.45) is 1.48. The summed E-state index contributed by atoms with van der Waals surface area (Å²) in [5, 5.41) is 11.5. The number of aromatic nitrogens is 1. The minimum absolute atomic E-state index is 0.150. The van der Waals surface area contributed by atoms with E-state index in [2.05, 4.69) is 10.3 Å². The van der Waals surface area contributed by atoms with E-state index in [1.807, 2.05) is 0 Å². The van der Waals surface area contributed by atoms with Gasteiger partial charge in [-0.1, -0.05) is 0 Å². The zero-order valence-corrected chi connectivity index (χ0v) is 9.01. The smallest absolute Gasteiger partial charge is 0.272 e. The SMILES string of the molecule is COCC(CO)NC(=O)c1ncccc1N. The van der Waals surface area contributed by atoms with Crippen LogP contribution in [0.15, 0.2) is 18.3 Å². The van der Waals surface area contributed by atoms with E-state index in [4.69, 9.17) is 15.6 Å². The molecule has 1 aromatic heterocycles. The highest BCUT2D eigenvalue weighted by atomic mass is 16.5. The number of anilines is 1. The molecule has 1 amide bonds. The van der Waals surface area contributed by atoms with Gasteiger partial charge < -0.3 is 20.9 Å². The lowest BCUT2D eigenvalue weighted by Crippen LogP contribution is -2.41. The second-order valence-corrected chi connectivity index (χ2v) is 3.25. The molecule has 0 aliphatic rings. The Labute approximate surface area is 93.4 Å². The first-order valence-electron chi connectivity index (χ1n) is 4.80. The van der Waals surface area contributed by atoms with Gasteiger partial charge in [0.15, 0.2) is 5.69 Å². The fourth-order valence-electron chi connectivity index (χ4n) is 1.20. The molecule has 0 aliphatic heterocycles. The van der Waals surface area contributed by atoms with E-state index in [-0.39, 0.29) is 18.9 Å². The van der Waals surface area contributed by atoms with Crippen LogP contribution in [-0.4, -0.2) is 42.4 Å². The topological polar surface area (TPSA) is 97.5 Å². The van der Waals surface area contributed by atoms with Crippen molar-refractivity contribution < 1.29 is 14.6 Å². The Hall–Kier alpha value is -1.66. The van der Waals surface area contributed by atoms with Gasteiger partial charge in [0.1, 0.15) is 0 Å². The normalized spacial score (nSPS) is 12.1. The summed E-state index contributed by atoms with van der Waals surface area (Å²) < 4.78 is 4.84. The number of carbonyl (C=O) groups is 1. The molecule has 0 saturated heterocycles. The molecular formula is C10H15N3O3. The van der Waals surface area contributed by atoms with Crippen molar-refractivity contribution in [3.8, 4) is 0 Å². The molecule has 0 fully saturated rings. The quantitative estimate of drug-likeness (QED) is 0.621. The van der Waals surface area contributed by atoms with Crippen molar-refractivity contribution >= 4 is 11.6 Å². The molecule has 6 heteroatoms. The van der Waals surface area contributed by atoms with Crippen LogP contribution in [0.1, 0.15) is 10.5 Å². The number of nitrogens with one attached hydrogen (secondary N) is 1. The third kappa shape index (κ3) is 3.18. The summed E-state index contributed by atoms with van der Waals surface area (Å²) in [5.74, 6) is -0.422. The first-order valence-corrected chi connectivity index (χ1v) is 4.80. The zero-order valence-electron chi connectivity index (χ0n) is 9.01. The number of nitrogens with two attached hydrogens (primary N) is 1. The summed E-state index contributed by atoms with van der Waals surface area (Å²) in [6, 6.07) is 2.77. The minimum Gasteiger partial charge on any atom is -0.397 e. The van der Waals surface area contributed by atoms with Crippen molar-refractivity contribution in [1.29, 1.82) is 0 Å². The minimum atomic E-state index is -0.459. The monoisotopic (exact) mass is 225 g/mol. The van der Waals surface area contributed by atoms with Gasteiger partial charge in [-0.2, -0.15) is 0 Å². The van der Waals surface area contributed by atoms with Crippen LogP contribution in [0.3, 0.4) is 0 Å². The van der Waals surface area contributed by atoms with Gasteiger partial charge in [0.2, 0.25) is 0 Å². The van der Waals surface area contributed by atoms with Crippen LogP contribution in [0, 0.1) is 0 Å². The Morgan fingerprint density at radius 3 is 3.06 bits per heavy atom. The number of amides is 1. The van der Waals surface area contributed by atoms with Crippen LogP contribution < -0.4 is 11.1 Å². The van der Waals surface area contributed by atoms with Gasteiger partial charge in [0, 0.05) is 13.3 Å². The number of hydrogen-bond acceptors (Lipinski definition) is 5. The van der Waals surface area contributed by atoms with Crippen molar-refractivity contribution in [3.63, 3.8) is 0 Å². The number of nitrogen functional groups attached to an aromatic ring is 1. The highest BCUT2D eigenvalue weighted by Gasteiger charge is 2.15. The summed E-state index contributed by atoms with van der Waals surface area (Å²) in [5.41, 5.74) is 6.05. The average Bonchev–Trinajstić information content (AvgIpc) is 2.28. The number of aliphatic hydroxyl groups excluding tert-OH is 1. The summed E-state index contributed by atoms with van der Waals surface area (Å²) in [4.78, 5) is 15.6. The van der Waals surface area contributed by atoms with Crippen LogP contribution in [0.25, 0.3) is 0 Å². The predicted octanol–water partition coefficient (Wildman–Crippen LogP) is -0.599. The first-order chi connectivity index (χ1) is 7.69. The second kappa shape index (κ2) is 6.04. The number of rotatable bonds is 5. The first kappa shape index (κ1) is 12.4. The fourth-order valence-corrected chi connectivity index (χ4v) is 1.20. The number of aliphatic hydroxyl groups is 1. The van der Waals surface area contributed by atoms with E-state index in [0.717, 1.165) is 0 Å². The molecule has 4 N–H and O–H groups in total. The van der Waals surface area contributed by atoms with Crippen molar-refractivity contribution in [1.82, 2.24) is 10.3 Å². The molecule has 1 atom stereocenters. The number of methoxy groups -OCH3 is 1. The molecule has 0 spiro atoms. The van der Waals surface area contributed by atoms with Crippen LogP contribution >= 0.6 is 0 Å². The van der Waals surface area contributed by atoms with Crippen LogP contribution in [0.4, 0.5) is 5.69 Å². The van der Waals surface area contributed by atoms with Gasteiger partial charge in [0.05, 0.1) is 24.9 Å². The Kier molecular flexibility index (Phi) is 4.68. The number of pyridine rings is 1. The Bertz CT molecular complexity index is 357. The summed E-state index contributed by atoms with van der Waals surface area (Å²) >= 11 is 0. The van der Waals surface area contributed by atoms with Crippen LogP contribution in [0.5, 0.6) is 0 Å². The lowest BCUT2D eigenvalue weighted by atomic mass is 10.2. The molecule has 0 aliphatic carbocycles. The molecule has 1 aromatic rings. The van der Waals surface area contributed by atoms with E-state index in [1.165, 1.54) is 13.3 Å². The molecule has 0 bridgehead atoms. The molecule has 1 rings (SSSR count). The average molecular weight is 225 g/mol. The highest BCUT2D eigenvalue weighted by molar-refractivity contribution is 5.97. The van der Waals surface area contributed by atoms with E-state index in [1.54, 1.807) is 12.1 Å². The van der Waals surface area contributed by atoms with Gasteiger partial charge in [0.25, 0.3) is 5.91 Å². The Balaban J connectivity index is 2.68. The van der Waals surface area contributed by atoms with Gasteiger partial charge >= 0.3 is 0 Å². The molecular weight excluding hydrogens is 210 g/mol. The maximum absolute atomic E-state index is 11.7. The van der Waals surface area contributed by atoms with Crippen molar-refractivity contribution in [2.24, 2.45) is 0 Å². The summed E-state index contributed by atoms with van der Waals surface area (Å²) in [7, 11) is 1.49. The lowest BCUT2D eigenvalue weighted by Gasteiger charge is -2.15. The highest BCUT2D eigenvalue weighted by Crippen LogP contribution is 2.06. The van der Waals surface area contributed by atoms with E-state index in [9.17, 15) is 4.79 Å². The standard InChI is InChI=1S/C10H15N3O3/c1-16-6-7(5-14)13-10(15)9-8(11)3-2-4-12-9/h2-4,7,14H,5-6,11H2,1H3,(H,13,15). The summed E-state index contributed by atoms with van der Waals surface area (Å²) in [6.45, 7) is 0.0291. The molecule has 16 heavy (non-hydrogen) atoms. The van der Waals surface area contributed by atoms with Crippen LogP contribution in [-0.2, 0) is 4.74 Å². The Morgan fingerprint density at radius 2 is 2.50 bits per heavy atom. The predicted molar refractivity (Wildman–Crippen MR) is 58.9 cm³/mol. The number of carbonyl (C=O) groups excluding carboxylic acids is 1. The number of ether oxygens (including phenoxy) is 1. The van der Waals surface area contributed by atoms with Crippen LogP contribution in [0.2, 0.25) is 0 Å². The second-order valence-electron chi connectivity index (χ2n) is 3.25. The van der Waals surface area contributed by atoms with Crippen molar-refractivity contribution in [2.45, 2.75) is 6.04 Å². The largest absolute Gasteiger partial charge is 0.397 e. The number of nitrogens with zero attached hydrogens (tertiary/aromatic N) is 1. The maximum Gasteiger partial charge on any atom is 0.272 e. The molecule has 0 aromatic carbocycles. The lowest BCUT2D eigenvalue weighted by molar-refractivity contribution is 0.0836. The van der Waals surface area contributed by atoms with Crippen molar-refractivity contribution in [3.05, 3.63) is 24.0 Å². The van der Waals surface area contributed by atoms with Gasteiger partial charge in [-0.05, 0) is 12.1 Å². The molecule has 0 radical (unpaired) electrons. The van der Waals surface area contributed by atoms with Gasteiger partial charge in [-0.25, -0.2) is 4.98 Å². The number of hydrogen-bond donors (Lipinski definition) is 3. The third-order valence-corrected chi connectivity index (χ3v) is 1.98. The zero-order chi connectivity index (χ0) is 12.0. The van der Waals surface area contributed by atoms with E-state index < -0.39 is 11.9 Å². The van der Waals surface area contributed by atoms with Gasteiger partial charge in [-0.15, -0.1) is 0 Å². The molecule has 1 heterocycles. The Morgan fingerprint density at radius 1 is 1.75 bits per heavy atom. The molecule has 0 saturated carbocycles.